The highest BCUT2D eigenvalue weighted by Crippen LogP contribution is 2.13. The largest absolute Gasteiger partial charge is 0.379 e. The number of ether oxygens (including phenoxy) is 2. The average Bonchev–Trinajstić information content (AvgIpc) is 3.04. The van der Waals surface area contributed by atoms with Crippen molar-refractivity contribution in [2.45, 2.75) is 37.2 Å². The zero-order valence-corrected chi connectivity index (χ0v) is 14.1. The Hall–Kier alpha value is -1.28. The van der Waals surface area contributed by atoms with Gasteiger partial charge in [0.05, 0.1) is 17.6 Å². The van der Waals surface area contributed by atoms with E-state index in [1.54, 1.807) is 12.1 Å². The molecule has 128 valence electrons. The van der Waals surface area contributed by atoms with Gasteiger partial charge in [0.15, 0.2) is 5.78 Å². The number of Topliss-reactive ketones (excluding diaryl/α,β-unsaturated/α-hetero) is 1. The molecule has 1 aromatic rings. The van der Waals surface area contributed by atoms with Crippen LogP contribution in [0.1, 0.15) is 36.5 Å². The average molecular weight is 341 g/mol. The van der Waals surface area contributed by atoms with Gasteiger partial charge in [-0.2, -0.15) is 0 Å². The summed E-state index contributed by atoms with van der Waals surface area (Å²) in [6.45, 7) is 3.54. The minimum absolute atomic E-state index is 0.102. The van der Waals surface area contributed by atoms with E-state index in [4.69, 9.17) is 9.47 Å². The van der Waals surface area contributed by atoms with Gasteiger partial charge in [0.1, 0.15) is 0 Å². The number of carbonyl (C=O) groups is 1. The fourth-order valence-corrected chi connectivity index (χ4v) is 3.46. The summed E-state index contributed by atoms with van der Waals surface area (Å²) in [7, 11) is -3.60. The Morgan fingerprint density at radius 3 is 2.96 bits per heavy atom. The summed E-state index contributed by atoms with van der Waals surface area (Å²) < 4.78 is 37.8. The molecule has 6 nitrogen and oxygen atoms in total. The van der Waals surface area contributed by atoms with Crippen LogP contribution in [0.2, 0.25) is 0 Å². The zero-order chi connectivity index (χ0) is 16.7. The van der Waals surface area contributed by atoms with Gasteiger partial charge in [-0.1, -0.05) is 12.1 Å². The molecule has 1 aliphatic rings. The number of hydrogen-bond acceptors (Lipinski definition) is 5. The van der Waals surface area contributed by atoms with Crippen LogP contribution in [0.4, 0.5) is 0 Å². The molecule has 23 heavy (non-hydrogen) atoms. The van der Waals surface area contributed by atoms with Gasteiger partial charge in [0, 0.05) is 25.3 Å². The highest BCUT2D eigenvalue weighted by Gasteiger charge is 2.16. The van der Waals surface area contributed by atoms with Crippen LogP contribution in [-0.4, -0.2) is 46.7 Å². The van der Waals surface area contributed by atoms with Crippen LogP contribution >= 0.6 is 0 Å². The van der Waals surface area contributed by atoms with Gasteiger partial charge in [-0.25, -0.2) is 13.1 Å². The number of sulfonamides is 1. The lowest BCUT2D eigenvalue weighted by atomic mass is 10.2. The molecule has 0 spiro atoms. The third-order valence-corrected chi connectivity index (χ3v) is 5.09. The molecule has 0 aromatic heterocycles. The van der Waals surface area contributed by atoms with Crippen LogP contribution in [0.3, 0.4) is 0 Å². The highest BCUT2D eigenvalue weighted by atomic mass is 32.2. The Kier molecular flexibility index (Phi) is 6.71. The van der Waals surface area contributed by atoms with Crippen molar-refractivity contribution in [3.63, 3.8) is 0 Å². The van der Waals surface area contributed by atoms with E-state index in [0.717, 1.165) is 19.4 Å². The molecule has 1 aromatic carbocycles. The van der Waals surface area contributed by atoms with Gasteiger partial charge in [-0.15, -0.1) is 0 Å². The van der Waals surface area contributed by atoms with Crippen molar-refractivity contribution in [3.05, 3.63) is 29.8 Å². The molecular formula is C16H23NO5S. The molecule has 0 bridgehead atoms. The van der Waals surface area contributed by atoms with Gasteiger partial charge in [-0.3, -0.25) is 4.79 Å². The van der Waals surface area contributed by atoms with E-state index in [0.29, 0.717) is 25.2 Å². The number of nitrogens with one attached hydrogen (secondary N) is 1. The topological polar surface area (TPSA) is 81.7 Å². The van der Waals surface area contributed by atoms with E-state index >= 15 is 0 Å². The quantitative estimate of drug-likeness (QED) is 0.547. The fraction of sp³-hybridized carbons (Fsp3) is 0.562. The van der Waals surface area contributed by atoms with E-state index in [1.165, 1.54) is 19.1 Å². The number of benzene rings is 1. The van der Waals surface area contributed by atoms with E-state index in [2.05, 4.69) is 4.72 Å². The first kappa shape index (κ1) is 18.1. The van der Waals surface area contributed by atoms with Crippen LogP contribution in [-0.2, 0) is 19.5 Å². The van der Waals surface area contributed by atoms with E-state index < -0.39 is 10.0 Å². The number of hydrogen-bond donors (Lipinski definition) is 1. The maximum absolute atomic E-state index is 12.2. The lowest BCUT2D eigenvalue weighted by molar-refractivity contribution is 0.0169. The first-order chi connectivity index (χ1) is 11.0. The zero-order valence-electron chi connectivity index (χ0n) is 13.3. The highest BCUT2D eigenvalue weighted by molar-refractivity contribution is 7.89. The van der Waals surface area contributed by atoms with Crippen LogP contribution in [0.5, 0.6) is 0 Å². The van der Waals surface area contributed by atoms with Crippen molar-refractivity contribution in [1.29, 1.82) is 0 Å². The molecular weight excluding hydrogens is 318 g/mol. The Morgan fingerprint density at radius 2 is 2.26 bits per heavy atom. The van der Waals surface area contributed by atoms with E-state index in [-0.39, 0.29) is 23.3 Å². The lowest BCUT2D eigenvalue weighted by Crippen LogP contribution is -2.26. The predicted octanol–water partition coefficient (Wildman–Crippen LogP) is 1.75. The molecule has 1 saturated heterocycles. The SMILES string of the molecule is CC(=O)c1cccc(S(=O)(=O)NCCCOC[C@H]2CCCO2)c1. The number of ketones is 1. The molecule has 1 heterocycles. The van der Waals surface area contributed by atoms with Crippen molar-refractivity contribution in [1.82, 2.24) is 4.72 Å². The number of rotatable bonds is 9. The van der Waals surface area contributed by atoms with Crippen molar-refractivity contribution in [2.24, 2.45) is 0 Å². The van der Waals surface area contributed by atoms with Gasteiger partial charge < -0.3 is 9.47 Å². The van der Waals surface area contributed by atoms with Crippen molar-refractivity contribution in [3.8, 4) is 0 Å². The molecule has 1 atom stereocenters. The Labute approximate surface area is 137 Å². The maximum atomic E-state index is 12.2. The smallest absolute Gasteiger partial charge is 0.240 e. The van der Waals surface area contributed by atoms with Crippen LogP contribution < -0.4 is 4.72 Å². The van der Waals surface area contributed by atoms with Crippen LogP contribution in [0.15, 0.2) is 29.2 Å². The van der Waals surface area contributed by atoms with Crippen LogP contribution in [0, 0.1) is 0 Å². The summed E-state index contributed by atoms with van der Waals surface area (Å²) in [5.41, 5.74) is 0.382. The third kappa shape index (κ3) is 5.69. The molecule has 7 heteroatoms. The standard InChI is InChI=1S/C16H23NO5S/c1-13(18)14-5-2-7-16(11-14)23(19,20)17-8-4-9-21-12-15-6-3-10-22-15/h2,5,7,11,15,17H,3-4,6,8-10,12H2,1H3/t15-/m1/s1. The van der Waals surface area contributed by atoms with Gasteiger partial charge in [-0.05, 0) is 38.3 Å². The predicted molar refractivity (Wildman–Crippen MR) is 86.0 cm³/mol. The summed E-state index contributed by atoms with van der Waals surface area (Å²) in [5.74, 6) is -0.162. The monoisotopic (exact) mass is 341 g/mol. The molecule has 1 fully saturated rings. The molecule has 0 aliphatic carbocycles. The molecule has 0 unspecified atom stereocenters. The van der Waals surface area contributed by atoms with Crippen molar-refractivity contribution < 1.29 is 22.7 Å². The van der Waals surface area contributed by atoms with E-state index in [1.807, 2.05) is 0 Å². The summed E-state index contributed by atoms with van der Waals surface area (Å²) in [4.78, 5) is 11.4. The second-order valence-electron chi connectivity index (χ2n) is 5.55. The third-order valence-electron chi connectivity index (χ3n) is 3.64. The Bertz CT molecular complexity index is 623. The summed E-state index contributed by atoms with van der Waals surface area (Å²) in [6, 6.07) is 6.03. The van der Waals surface area contributed by atoms with Crippen LogP contribution in [0.25, 0.3) is 0 Å². The second-order valence-corrected chi connectivity index (χ2v) is 7.31. The summed E-state index contributed by atoms with van der Waals surface area (Å²) in [6.07, 6.45) is 2.87. The molecule has 0 radical (unpaired) electrons. The van der Waals surface area contributed by atoms with Crippen molar-refractivity contribution >= 4 is 15.8 Å². The maximum Gasteiger partial charge on any atom is 0.240 e. The number of carbonyl (C=O) groups excluding carboxylic acids is 1. The minimum atomic E-state index is -3.60. The fourth-order valence-electron chi connectivity index (χ4n) is 2.34. The minimum Gasteiger partial charge on any atom is -0.379 e. The Balaban J connectivity index is 1.73. The Morgan fingerprint density at radius 1 is 1.43 bits per heavy atom. The van der Waals surface area contributed by atoms with Crippen molar-refractivity contribution in [2.75, 3.05) is 26.4 Å². The molecule has 0 amide bonds. The van der Waals surface area contributed by atoms with E-state index in [9.17, 15) is 13.2 Å². The molecule has 2 rings (SSSR count). The molecule has 1 N–H and O–H groups in total. The van der Waals surface area contributed by atoms with Gasteiger partial charge in [0.25, 0.3) is 0 Å². The first-order valence-corrected chi connectivity index (χ1v) is 9.27. The van der Waals surface area contributed by atoms with Gasteiger partial charge in [0.2, 0.25) is 10.0 Å². The summed E-state index contributed by atoms with van der Waals surface area (Å²) >= 11 is 0. The molecule has 0 saturated carbocycles. The normalized spacial score (nSPS) is 18.2. The lowest BCUT2D eigenvalue weighted by Gasteiger charge is -2.10. The first-order valence-electron chi connectivity index (χ1n) is 7.79. The summed E-state index contributed by atoms with van der Waals surface area (Å²) in [5, 5.41) is 0. The van der Waals surface area contributed by atoms with Gasteiger partial charge >= 0.3 is 0 Å². The second kappa shape index (κ2) is 8.54. The molecule has 1 aliphatic heterocycles.